The van der Waals surface area contributed by atoms with Crippen molar-refractivity contribution in [1.82, 2.24) is 30.3 Å². The summed E-state index contributed by atoms with van der Waals surface area (Å²) in [6.45, 7) is 8.39. The van der Waals surface area contributed by atoms with E-state index in [1.165, 1.54) is 0 Å². The number of rotatable bonds is 7. The Balaban J connectivity index is 1.68. The number of ether oxygens (including phenoxy) is 1. The summed E-state index contributed by atoms with van der Waals surface area (Å²) < 4.78 is 6.97. The van der Waals surface area contributed by atoms with E-state index in [9.17, 15) is 4.79 Å². The Morgan fingerprint density at radius 1 is 1.25 bits per heavy atom. The molecule has 28 heavy (non-hydrogen) atoms. The number of amides is 2. The van der Waals surface area contributed by atoms with Crippen LogP contribution in [0.2, 0.25) is 0 Å². The molecule has 0 spiro atoms. The zero-order valence-electron chi connectivity index (χ0n) is 16.9. The van der Waals surface area contributed by atoms with Gasteiger partial charge < -0.3 is 20.3 Å². The maximum absolute atomic E-state index is 12.7. The molecule has 0 aromatic carbocycles. The summed E-state index contributed by atoms with van der Waals surface area (Å²) in [7, 11) is 1.68. The van der Waals surface area contributed by atoms with Crippen LogP contribution in [0.3, 0.4) is 0 Å². The molecule has 0 unspecified atom stereocenters. The first kappa shape index (κ1) is 20.3. The largest absolute Gasteiger partial charge is 0.383 e. The van der Waals surface area contributed by atoms with E-state index in [2.05, 4.69) is 34.6 Å². The van der Waals surface area contributed by atoms with Crippen LogP contribution in [0, 0.1) is 5.41 Å². The molecule has 0 fully saturated rings. The lowest BCUT2D eigenvalue weighted by Crippen LogP contribution is -2.45. The summed E-state index contributed by atoms with van der Waals surface area (Å²) in [4.78, 5) is 18.7. The molecule has 152 valence electrons. The summed E-state index contributed by atoms with van der Waals surface area (Å²) in [5.41, 5.74) is 3.19. The third-order valence-electron chi connectivity index (χ3n) is 4.84. The number of methoxy groups -OCH3 is 1. The van der Waals surface area contributed by atoms with Crippen molar-refractivity contribution < 1.29 is 9.53 Å². The van der Waals surface area contributed by atoms with Crippen molar-refractivity contribution >= 4 is 6.03 Å². The number of pyridine rings is 1. The molecule has 8 heteroatoms. The molecule has 0 bridgehead atoms. The van der Waals surface area contributed by atoms with Crippen molar-refractivity contribution in [3.63, 3.8) is 0 Å². The number of urea groups is 1. The highest BCUT2D eigenvalue weighted by Crippen LogP contribution is 2.31. The molecular weight excluding hydrogens is 356 g/mol. The van der Waals surface area contributed by atoms with E-state index < -0.39 is 0 Å². The lowest BCUT2D eigenvalue weighted by molar-refractivity contribution is 0.168. The average Bonchev–Trinajstić information content (AvgIpc) is 2.99. The molecule has 0 aliphatic carbocycles. The number of hydrogen-bond donors (Lipinski definition) is 2. The summed E-state index contributed by atoms with van der Waals surface area (Å²) in [6, 6.07) is 3.87. The molecule has 2 N–H and O–H groups in total. The minimum atomic E-state index is -0.0515. The highest BCUT2D eigenvalue weighted by atomic mass is 16.5. The van der Waals surface area contributed by atoms with Gasteiger partial charge in [-0.3, -0.25) is 4.98 Å². The van der Waals surface area contributed by atoms with Gasteiger partial charge in [-0.2, -0.15) is 5.10 Å². The van der Waals surface area contributed by atoms with Gasteiger partial charge in [-0.05, 0) is 24.0 Å². The fourth-order valence-corrected chi connectivity index (χ4v) is 3.54. The van der Waals surface area contributed by atoms with Crippen molar-refractivity contribution in [1.29, 1.82) is 0 Å². The number of aromatic nitrogens is 3. The number of carbonyl (C=O) groups excluding carboxylic acids is 1. The Morgan fingerprint density at radius 2 is 2.04 bits per heavy atom. The van der Waals surface area contributed by atoms with E-state index in [1.54, 1.807) is 19.5 Å². The number of carbonyl (C=O) groups is 1. The van der Waals surface area contributed by atoms with Gasteiger partial charge in [0, 0.05) is 56.9 Å². The van der Waals surface area contributed by atoms with E-state index in [1.807, 2.05) is 27.9 Å². The van der Waals surface area contributed by atoms with Gasteiger partial charge in [0.2, 0.25) is 0 Å². The minimum absolute atomic E-state index is 0.0360. The molecule has 2 amide bonds. The quantitative estimate of drug-likeness (QED) is 0.706. The molecule has 2 aromatic heterocycles. The third kappa shape index (κ3) is 5.08. The number of hydrogen-bond acceptors (Lipinski definition) is 5. The van der Waals surface area contributed by atoms with Crippen LogP contribution in [0.25, 0.3) is 5.69 Å². The standard InChI is InChI=1S/C20H30N6O2/c1-20(2)12-18-16(13-24-26(18)17-4-6-21-7-5-17)14-25(15-20)19(27)23-9-8-22-10-11-28-3/h4-7,13,22H,8-12,14-15H2,1-3H3,(H,23,27). The summed E-state index contributed by atoms with van der Waals surface area (Å²) in [5.74, 6) is 0. The molecular formula is C20H30N6O2. The van der Waals surface area contributed by atoms with Crippen LogP contribution in [0.4, 0.5) is 4.79 Å². The molecule has 3 heterocycles. The highest BCUT2D eigenvalue weighted by molar-refractivity contribution is 5.74. The average molecular weight is 387 g/mol. The number of nitrogens with zero attached hydrogens (tertiary/aromatic N) is 4. The van der Waals surface area contributed by atoms with Crippen LogP contribution in [0.15, 0.2) is 30.7 Å². The second-order valence-electron chi connectivity index (χ2n) is 7.91. The first-order valence-electron chi connectivity index (χ1n) is 9.69. The zero-order chi connectivity index (χ0) is 20.0. The molecule has 0 saturated carbocycles. The Hall–Kier alpha value is -2.45. The van der Waals surface area contributed by atoms with Gasteiger partial charge in [-0.15, -0.1) is 0 Å². The summed E-state index contributed by atoms with van der Waals surface area (Å²) in [6.07, 6.45) is 6.27. The third-order valence-corrected chi connectivity index (χ3v) is 4.84. The Labute approximate surface area is 166 Å². The smallest absolute Gasteiger partial charge is 0.317 e. The maximum Gasteiger partial charge on any atom is 0.317 e. The molecule has 0 saturated heterocycles. The van der Waals surface area contributed by atoms with Gasteiger partial charge in [0.1, 0.15) is 0 Å². The Bertz CT molecular complexity index is 774. The second kappa shape index (κ2) is 9.16. The second-order valence-corrected chi connectivity index (χ2v) is 7.91. The molecule has 0 radical (unpaired) electrons. The number of nitrogens with one attached hydrogen (secondary N) is 2. The van der Waals surface area contributed by atoms with Crippen LogP contribution in [0.1, 0.15) is 25.1 Å². The lowest BCUT2D eigenvalue weighted by Gasteiger charge is -2.30. The van der Waals surface area contributed by atoms with E-state index in [-0.39, 0.29) is 11.4 Å². The van der Waals surface area contributed by atoms with E-state index >= 15 is 0 Å². The van der Waals surface area contributed by atoms with Gasteiger partial charge in [-0.1, -0.05) is 13.8 Å². The molecule has 1 aliphatic rings. The van der Waals surface area contributed by atoms with Crippen LogP contribution < -0.4 is 10.6 Å². The predicted octanol–water partition coefficient (Wildman–Crippen LogP) is 1.60. The Morgan fingerprint density at radius 3 is 2.79 bits per heavy atom. The van der Waals surface area contributed by atoms with Gasteiger partial charge >= 0.3 is 6.03 Å². The van der Waals surface area contributed by atoms with Crippen molar-refractivity contribution in [2.45, 2.75) is 26.8 Å². The van der Waals surface area contributed by atoms with Crippen molar-refractivity contribution in [2.75, 3.05) is 39.9 Å². The van der Waals surface area contributed by atoms with E-state index in [4.69, 9.17) is 4.74 Å². The van der Waals surface area contributed by atoms with Gasteiger partial charge in [0.15, 0.2) is 0 Å². The van der Waals surface area contributed by atoms with Crippen molar-refractivity contribution in [3.8, 4) is 5.69 Å². The van der Waals surface area contributed by atoms with Crippen LogP contribution >= 0.6 is 0 Å². The molecule has 2 aromatic rings. The normalized spacial score (nSPS) is 15.8. The van der Waals surface area contributed by atoms with E-state index in [0.717, 1.165) is 36.5 Å². The van der Waals surface area contributed by atoms with Crippen molar-refractivity contribution in [2.24, 2.45) is 5.41 Å². The lowest BCUT2D eigenvalue weighted by atomic mass is 9.87. The van der Waals surface area contributed by atoms with Crippen LogP contribution in [-0.2, 0) is 17.7 Å². The van der Waals surface area contributed by atoms with Crippen LogP contribution in [-0.4, -0.2) is 65.6 Å². The number of fused-ring (bicyclic) bond motifs is 1. The van der Waals surface area contributed by atoms with Crippen LogP contribution in [0.5, 0.6) is 0 Å². The first-order chi connectivity index (χ1) is 13.5. The Kier molecular flexibility index (Phi) is 6.64. The van der Waals surface area contributed by atoms with Crippen molar-refractivity contribution in [3.05, 3.63) is 42.0 Å². The summed E-state index contributed by atoms with van der Waals surface area (Å²) in [5, 5.41) is 10.8. The van der Waals surface area contributed by atoms with Gasteiger partial charge in [-0.25, -0.2) is 9.48 Å². The monoisotopic (exact) mass is 386 g/mol. The SMILES string of the molecule is COCCNCCNC(=O)N1Cc2cnn(-c3ccncc3)c2CC(C)(C)C1. The molecule has 1 aliphatic heterocycles. The predicted molar refractivity (Wildman–Crippen MR) is 107 cm³/mol. The summed E-state index contributed by atoms with van der Waals surface area (Å²) >= 11 is 0. The van der Waals surface area contributed by atoms with E-state index in [0.29, 0.717) is 26.2 Å². The highest BCUT2D eigenvalue weighted by Gasteiger charge is 2.32. The van der Waals surface area contributed by atoms with Gasteiger partial charge in [0.05, 0.1) is 25.0 Å². The fraction of sp³-hybridized carbons (Fsp3) is 0.550. The molecule has 3 rings (SSSR count). The zero-order valence-corrected chi connectivity index (χ0v) is 16.9. The minimum Gasteiger partial charge on any atom is -0.383 e. The molecule has 0 atom stereocenters. The topological polar surface area (TPSA) is 84.3 Å². The maximum atomic E-state index is 12.7. The van der Waals surface area contributed by atoms with Gasteiger partial charge in [0.25, 0.3) is 0 Å². The molecule has 8 nitrogen and oxygen atoms in total. The first-order valence-corrected chi connectivity index (χ1v) is 9.69. The fourth-order valence-electron chi connectivity index (χ4n) is 3.54.